The number of carbonyl (C=O) groups excluding carboxylic acids is 2. The lowest BCUT2D eigenvalue weighted by molar-refractivity contribution is -0.142. The Morgan fingerprint density at radius 2 is 1.65 bits per heavy atom. The quantitative estimate of drug-likeness (QED) is 0.389. The van der Waals surface area contributed by atoms with Gasteiger partial charge in [0.25, 0.3) is 5.91 Å². The third-order valence-corrected chi connectivity index (χ3v) is 7.21. The maximum absolute atomic E-state index is 13.5. The van der Waals surface area contributed by atoms with Crippen LogP contribution in [0.15, 0.2) is 71.2 Å². The van der Waals surface area contributed by atoms with Gasteiger partial charge >= 0.3 is 0 Å². The Hall–Kier alpha value is -2.83. The van der Waals surface area contributed by atoms with Gasteiger partial charge in [-0.05, 0) is 54.3 Å². The van der Waals surface area contributed by atoms with Crippen LogP contribution in [0.2, 0.25) is 5.02 Å². The zero-order chi connectivity index (χ0) is 24.7. The maximum Gasteiger partial charge on any atom is 0.261 e. The fraction of sp³-hybridized carbons (Fsp3) is 0.259. The Morgan fingerprint density at radius 1 is 1.03 bits per heavy atom. The molecule has 3 aromatic rings. The second kappa shape index (κ2) is 12.0. The molecule has 7 heteroatoms. The third-order valence-electron chi connectivity index (χ3n) is 5.59. The Bertz CT molecular complexity index is 1130. The Labute approximate surface area is 214 Å². The van der Waals surface area contributed by atoms with Gasteiger partial charge < -0.3 is 15.0 Å². The number of aryl methyl sites for hydroxylation is 2. The summed E-state index contributed by atoms with van der Waals surface area (Å²) < 4.78 is 6.88. The highest BCUT2D eigenvalue weighted by Gasteiger charge is 2.30. The van der Waals surface area contributed by atoms with Gasteiger partial charge in [-0.15, -0.1) is 0 Å². The lowest BCUT2D eigenvalue weighted by Crippen LogP contribution is -2.51. The van der Waals surface area contributed by atoms with Crippen LogP contribution in [0, 0.1) is 13.8 Å². The molecule has 3 aromatic carbocycles. The second-order valence-corrected chi connectivity index (χ2v) is 9.29. The number of hydrogen-bond donors (Lipinski definition) is 1. The molecular weight excluding hydrogens is 516 g/mol. The van der Waals surface area contributed by atoms with E-state index < -0.39 is 6.04 Å². The first-order chi connectivity index (χ1) is 16.3. The van der Waals surface area contributed by atoms with Crippen LogP contribution in [0.3, 0.4) is 0 Å². The second-order valence-electron chi connectivity index (χ2n) is 8.09. The molecule has 0 fully saturated rings. The molecule has 0 spiro atoms. The summed E-state index contributed by atoms with van der Waals surface area (Å²) in [5, 5.41) is 3.24. The molecule has 0 aliphatic rings. The van der Waals surface area contributed by atoms with Crippen LogP contribution < -0.4 is 10.1 Å². The molecule has 0 saturated heterocycles. The van der Waals surface area contributed by atoms with Crippen molar-refractivity contribution in [2.24, 2.45) is 0 Å². The van der Waals surface area contributed by atoms with E-state index in [4.69, 9.17) is 16.3 Å². The molecule has 34 heavy (non-hydrogen) atoms. The number of nitrogens with zero attached hydrogens (tertiary/aromatic N) is 1. The first kappa shape index (κ1) is 25.8. The molecule has 178 valence electrons. The van der Waals surface area contributed by atoms with Crippen molar-refractivity contribution in [1.29, 1.82) is 0 Å². The summed E-state index contributed by atoms with van der Waals surface area (Å²) in [7, 11) is 1.57. The average Bonchev–Trinajstić information content (AvgIpc) is 2.84. The van der Waals surface area contributed by atoms with Crippen molar-refractivity contribution in [2.45, 2.75) is 32.9 Å². The number of halogens is 2. The minimum atomic E-state index is -0.729. The monoisotopic (exact) mass is 542 g/mol. The molecule has 2 amide bonds. The van der Waals surface area contributed by atoms with Crippen molar-refractivity contribution >= 4 is 39.3 Å². The van der Waals surface area contributed by atoms with E-state index in [0.29, 0.717) is 17.2 Å². The zero-order valence-electron chi connectivity index (χ0n) is 19.5. The molecule has 0 saturated carbocycles. The molecule has 0 heterocycles. The highest BCUT2D eigenvalue weighted by atomic mass is 79.9. The third kappa shape index (κ3) is 6.61. The average molecular weight is 544 g/mol. The van der Waals surface area contributed by atoms with Crippen LogP contribution in [-0.2, 0) is 22.6 Å². The number of rotatable bonds is 9. The number of nitrogens with one attached hydrogen (secondary N) is 1. The van der Waals surface area contributed by atoms with Crippen LogP contribution in [0.1, 0.15) is 22.3 Å². The van der Waals surface area contributed by atoms with E-state index in [1.54, 1.807) is 18.0 Å². The molecule has 3 rings (SSSR count). The Balaban J connectivity index is 1.90. The molecule has 0 aromatic heterocycles. The molecular formula is C27H28BrClN2O3. The van der Waals surface area contributed by atoms with Crippen molar-refractivity contribution in [3.8, 4) is 5.75 Å². The van der Waals surface area contributed by atoms with Gasteiger partial charge in [0, 0.05) is 29.5 Å². The predicted molar refractivity (Wildman–Crippen MR) is 139 cm³/mol. The minimum Gasteiger partial charge on any atom is -0.484 e. The Morgan fingerprint density at radius 3 is 2.26 bits per heavy atom. The molecule has 0 unspecified atom stereocenters. The van der Waals surface area contributed by atoms with Crippen LogP contribution in [0.25, 0.3) is 0 Å². The van der Waals surface area contributed by atoms with Crippen LogP contribution in [-0.4, -0.2) is 36.4 Å². The Kier molecular flexibility index (Phi) is 9.13. The van der Waals surface area contributed by atoms with Gasteiger partial charge in [-0.1, -0.05) is 76.1 Å². The summed E-state index contributed by atoms with van der Waals surface area (Å²) in [6.07, 6.45) is 0.368. The van der Waals surface area contributed by atoms with Gasteiger partial charge in [0.15, 0.2) is 6.61 Å². The fourth-order valence-electron chi connectivity index (χ4n) is 3.75. The van der Waals surface area contributed by atoms with Crippen LogP contribution >= 0.6 is 27.5 Å². The first-order valence-corrected chi connectivity index (χ1v) is 12.1. The van der Waals surface area contributed by atoms with Gasteiger partial charge in [0.05, 0.1) is 0 Å². The summed E-state index contributed by atoms with van der Waals surface area (Å²) in [6.45, 7) is 3.92. The minimum absolute atomic E-state index is 0.186. The van der Waals surface area contributed by atoms with Crippen LogP contribution in [0.4, 0.5) is 0 Å². The molecule has 0 bridgehead atoms. The van der Waals surface area contributed by atoms with E-state index in [0.717, 1.165) is 26.7 Å². The zero-order valence-corrected chi connectivity index (χ0v) is 21.8. The highest BCUT2D eigenvalue weighted by Crippen LogP contribution is 2.27. The summed E-state index contributed by atoms with van der Waals surface area (Å²) in [5.41, 5.74) is 3.74. The number of ether oxygens (including phenoxy) is 1. The van der Waals surface area contributed by atoms with Gasteiger partial charge in [-0.25, -0.2) is 0 Å². The molecule has 1 N–H and O–H groups in total. The van der Waals surface area contributed by atoms with E-state index in [1.807, 2.05) is 74.5 Å². The lowest BCUT2D eigenvalue weighted by Gasteiger charge is -2.31. The summed E-state index contributed by atoms with van der Waals surface area (Å²) in [5.74, 6) is 0.0473. The largest absolute Gasteiger partial charge is 0.484 e. The van der Waals surface area contributed by atoms with E-state index in [1.165, 1.54) is 0 Å². The molecule has 1 atom stereocenters. The van der Waals surface area contributed by atoms with Crippen molar-refractivity contribution in [3.63, 3.8) is 0 Å². The molecule has 5 nitrogen and oxygen atoms in total. The van der Waals surface area contributed by atoms with Crippen molar-refractivity contribution < 1.29 is 14.3 Å². The highest BCUT2D eigenvalue weighted by molar-refractivity contribution is 9.10. The SMILES string of the molecule is CNC(=O)[C@H](Cc1ccccc1)N(Cc1ccccc1Cl)C(=O)COc1cc(C)c(Br)c(C)c1. The van der Waals surface area contributed by atoms with Crippen molar-refractivity contribution in [2.75, 3.05) is 13.7 Å². The maximum atomic E-state index is 13.5. The van der Waals surface area contributed by atoms with E-state index in [2.05, 4.69) is 21.2 Å². The van der Waals surface area contributed by atoms with E-state index >= 15 is 0 Å². The first-order valence-electron chi connectivity index (χ1n) is 11.0. The van der Waals surface area contributed by atoms with Gasteiger partial charge in [0.1, 0.15) is 11.8 Å². The summed E-state index contributed by atoms with van der Waals surface area (Å²) >= 11 is 9.95. The van der Waals surface area contributed by atoms with Crippen molar-refractivity contribution in [1.82, 2.24) is 10.2 Å². The molecule has 0 aliphatic carbocycles. The molecule has 0 radical (unpaired) electrons. The normalized spacial score (nSPS) is 11.6. The molecule has 0 aliphatic heterocycles. The number of amides is 2. The topological polar surface area (TPSA) is 58.6 Å². The number of likely N-dealkylation sites (N-methyl/N-ethyl adjacent to an activating group) is 1. The predicted octanol–water partition coefficient (Wildman–Crippen LogP) is 5.48. The van der Waals surface area contributed by atoms with Gasteiger partial charge in [-0.2, -0.15) is 0 Å². The van der Waals surface area contributed by atoms with Crippen molar-refractivity contribution in [3.05, 3.63) is 98.5 Å². The number of carbonyl (C=O) groups is 2. The van der Waals surface area contributed by atoms with Gasteiger partial charge in [-0.3, -0.25) is 9.59 Å². The smallest absolute Gasteiger partial charge is 0.261 e. The number of hydrogen-bond acceptors (Lipinski definition) is 3. The van der Waals surface area contributed by atoms with Gasteiger partial charge in [0.2, 0.25) is 5.91 Å². The summed E-state index contributed by atoms with van der Waals surface area (Å²) in [6, 6.07) is 20.0. The summed E-state index contributed by atoms with van der Waals surface area (Å²) in [4.78, 5) is 28.0. The standard InChI is InChI=1S/C27H28BrClN2O3/c1-18-13-22(14-19(2)26(18)28)34-17-25(32)31(16-21-11-7-8-12-23(21)29)24(27(33)30-3)15-20-9-5-4-6-10-20/h4-14,24H,15-17H2,1-3H3,(H,30,33)/t24-/m0/s1. The number of benzene rings is 3. The fourth-order valence-corrected chi connectivity index (χ4v) is 4.17. The van der Waals surface area contributed by atoms with E-state index in [9.17, 15) is 9.59 Å². The lowest BCUT2D eigenvalue weighted by atomic mass is 10.0. The van der Waals surface area contributed by atoms with E-state index in [-0.39, 0.29) is 25.0 Å². The van der Waals surface area contributed by atoms with Crippen LogP contribution in [0.5, 0.6) is 5.75 Å².